The van der Waals surface area contributed by atoms with E-state index in [0.29, 0.717) is 0 Å². The Morgan fingerprint density at radius 3 is 2.73 bits per heavy atom. The first-order valence-corrected chi connectivity index (χ1v) is 7.57. The van der Waals surface area contributed by atoms with Crippen LogP contribution >= 0.6 is 0 Å². The quantitative estimate of drug-likeness (QED) is 0.910. The van der Waals surface area contributed by atoms with Crippen LogP contribution in [-0.2, 0) is 18.6 Å². The summed E-state index contributed by atoms with van der Waals surface area (Å²) in [7, 11) is 1.86. The van der Waals surface area contributed by atoms with Gasteiger partial charge < -0.3 is 15.3 Å². The first kappa shape index (κ1) is 14.8. The lowest BCUT2D eigenvalue weighted by Gasteiger charge is -2.31. The molecular formula is C17H22N4O. The zero-order valence-corrected chi connectivity index (χ0v) is 13.3. The average molecular weight is 298 g/mol. The molecule has 2 heterocycles. The van der Waals surface area contributed by atoms with Gasteiger partial charge in [-0.25, -0.2) is 9.97 Å². The monoisotopic (exact) mass is 298 g/mol. The van der Waals surface area contributed by atoms with Gasteiger partial charge in [0.2, 0.25) is 0 Å². The van der Waals surface area contributed by atoms with Crippen LogP contribution in [0.25, 0.3) is 0 Å². The summed E-state index contributed by atoms with van der Waals surface area (Å²) in [4.78, 5) is 10.8. The van der Waals surface area contributed by atoms with Gasteiger partial charge in [0, 0.05) is 26.2 Å². The molecule has 0 saturated heterocycles. The molecule has 116 valence electrons. The first-order chi connectivity index (χ1) is 10.5. The van der Waals surface area contributed by atoms with E-state index >= 15 is 0 Å². The standard InChI is InChI=1S/C17H22N4O/c1-17(2,22)14-5-4-13-10-21(7-6-12(13)8-14)16-9-15(18-3)19-11-20-16/h4-5,8-9,11,22H,6-7,10H2,1-3H3,(H,18,19,20). The highest BCUT2D eigenvalue weighted by molar-refractivity contribution is 5.50. The highest BCUT2D eigenvalue weighted by atomic mass is 16.3. The van der Waals surface area contributed by atoms with Crippen molar-refractivity contribution in [2.75, 3.05) is 23.8 Å². The fourth-order valence-corrected chi connectivity index (χ4v) is 2.79. The number of anilines is 2. The lowest BCUT2D eigenvalue weighted by atomic mass is 9.91. The Bertz CT molecular complexity index is 679. The second kappa shape index (κ2) is 5.57. The minimum atomic E-state index is -0.791. The Hall–Kier alpha value is -2.14. The van der Waals surface area contributed by atoms with Crippen molar-refractivity contribution in [2.45, 2.75) is 32.4 Å². The van der Waals surface area contributed by atoms with E-state index in [1.54, 1.807) is 6.33 Å². The first-order valence-electron chi connectivity index (χ1n) is 7.57. The Balaban J connectivity index is 1.85. The Morgan fingerprint density at radius 1 is 1.18 bits per heavy atom. The van der Waals surface area contributed by atoms with Gasteiger partial charge in [0.1, 0.15) is 18.0 Å². The smallest absolute Gasteiger partial charge is 0.134 e. The third-order valence-electron chi connectivity index (χ3n) is 4.16. The number of nitrogens with one attached hydrogen (secondary N) is 1. The van der Waals surface area contributed by atoms with Crippen LogP contribution in [0.3, 0.4) is 0 Å². The van der Waals surface area contributed by atoms with Crippen molar-refractivity contribution >= 4 is 11.6 Å². The van der Waals surface area contributed by atoms with Crippen molar-refractivity contribution in [3.05, 3.63) is 47.3 Å². The van der Waals surface area contributed by atoms with E-state index in [4.69, 9.17) is 0 Å². The Morgan fingerprint density at radius 2 is 2.00 bits per heavy atom. The van der Waals surface area contributed by atoms with Gasteiger partial charge in [-0.15, -0.1) is 0 Å². The molecular weight excluding hydrogens is 276 g/mol. The zero-order valence-electron chi connectivity index (χ0n) is 13.3. The third-order valence-corrected chi connectivity index (χ3v) is 4.16. The van der Waals surface area contributed by atoms with Gasteiger partial charge in [0.15, 0.2) is 0 Å². The number of nitrogens with zero attached hydrogens (tertiary/aromatic N) is 3. The fourth-order valence-electron chi connectivity index (χ4n) is 2.79. The molecule has 0 unspecified atom stereocenters. The van der Waals surface area contributed by atoms with Crippen molar-refractivity contribution in [3.63, 3.8) is 0 Å². The van der Waals surface area contributed by atoms with Gasteiger partial charge in [-0.3, -0.25) is 0 Å². The molecule has 1 aliphatic rings. The van der Waals surface area contributed by atoms with E-state index in [1.807, 2.05) is 33.0 Å². The summed E-state index contributed by atoms with van der Waals surface area (Å²) in [6.45, 7) is 5.40. The third kappa shape index (κ3) is 2.90. The van der Waals surface area contributed by atoms with E-state index in [0.717, 1.165) is 36.7 Å². The molecule has 3 rings (SSSR count). The SMILES string of the molecule is CNc1cc(N2CCc3cc(C(C)(C)O)ccc3C2)ncn1. The number of benzene rings is 1. The van der Waals surface area contributed by atoms with E-state index in [1.165, 1.54) is 11.1 Å². The molecule has 0 atom stereocenters. The summed E-state index contributed by atoms with van der Waals surface area (Å²) in [5.41, 5.74) is 2.79. The molecule has 2 N–H and O–H groups in total. The molecule has 1 aliphatic heterocycles. The normalized spacial score (nSPS) is 14.6. The molecule has 22 heavy (non-hydrogen) atoms. The maximum atomic E-state index is 10.1. The summed E-state index contributed by atoms with van der Waals surface area (Å²) < 4.78 is 0. The molecule has 1 aromatic carbocycles. The maximum absolute atomic E-state index is 10.1. The van der Waals surface area contributed by atoms with Crippen molar-refractivity contribution in [3.8, 4) is 0 Å². The number of hydrogen-bond donors (Lipinski definition) is 2. The number of hydrogen-bond acceptors (Lipinski definition) is 5. The fraction of sp³-hybridized carbons (Fsp3) is 0.412. The van der Waals surface area contributed by atoms with Crippen LogP contribution in [-0.4, -0.2) is 28.7 Å². The zero-order chi connectivity index (χ0) is 15.7. The molecule has 0 bridgehead atoms. The van der Waals surface area contributed by atoms with Gasteiger partial charge in [0.05, 0.1) is 5.60 Å². The van der Waals surface area contributed by atoms with E-state index in [-0.39, 0.29) is 0 Å². The second-order valence-electron chi connectivity index (χ2n) is 6.23. The van der Waals surface area contributed by atoms with Crippen LogP contribution in [0.4, 0.5) is 11.6 Å². The Labute approximate surface area is 131 Å². The molecule has 5 heteroatoms. The summed E-state index contributed by atoms with van der Waals surface area (Å²) in [5.74, 6) is 1.77. The van der Waals surface area contributed by atoms with E-state index in [9.17, 15) is 5.11 Å². The van der Waals surface area contributed by atoms with Crippen molar-refractivity contribution < 1.29 is 5.11 Å². The minimum Gasteiger partial charge on any atom is -0.386 e. The topological polar surface area (TPSA) is 61.3 Å². The van der Waals surface area contributed by atoms with Crippen molar-refractivity contribution in [1.82, 2.24) is 9.97 Å². The number of rotatable bonds is 3. The van der Waals surface area contributed by atoms with Crippen LogP contribution in [0.15, 0.2) is 30.6 Å². The molecule has 0 aliphatic carbocycles. The maximum Gasteiger partial charge on any atom is 0.134 e. The molecule has 1 aromatic heterocycles. The molecule has 2 aromatic rings. The highest BCUT2D eigenvalue weighted by Gasteiger charge is 2.21. The van der Waals surface area contributed by atoms with Crippen LogP contribution in [0.1, 0.15) is 30.5 Å². The van der Waals surface area contributed by atoms with Crippen LogP contribution in [0, 0.1) is 0 Å². The van der Waals surface area contributed by atoms with E-state index < -0.39 is 5.60 Å². The number of fused-ring (bicyclic) bond motifs is 1. The van der Waals surface area contributed by atoms with Gasteiger partial charge in [-0.1, -0.05) is 18.2 Å². The van der Waals surface area contributed by atoms with Gasteiger partial charge in [0.25, 0.3) is 0 Å². The Kier molecular flexibility index (Phi) is 3.74. The van der Waals surface area contributed by atoms with Gasteiger partial charge in [-0.05, 0) is 37.0 Å². The van der Waals surface area contributed by atoms with Gasteiger partial charge in [-0.2, -0.15) is 0 Å². The number of aliphatic hydroxyl groups is 1. The number of aromatic nitrogens is 2. The van der Waals surface area contributed by atoms with Crippen molar-refractivity contribution in [1.29, 1.82) is 0 Å². The molecule has 0 spiro atoms. The summed E-state index contributed by atoms with van der Waals surface area (Å²) in [5, 5.41) is 13.2. The van der Waals surface area contributed by atoms with E-state index in [2.05, 4.69) is 32.3 Å². The molecule has 0 saturated carbocycles. The van der Waals surface area contributed by atoms with Crippen LogP contribution < -0.4 is 10.2 Å². The lowest BCUT2D eigenvalue weighted by molar-refractivity contribution is 0.0785. The van der Waals surface area contributed by atoms with Crippen molar-refractivity contribution in [2.24, 2.45) is 0 Å². The molecule has 0 amide bonds. The molecule has 5 nitrogen and oxygen atoms in total. The molecule has 0 radical (unpaired) electrons. The predicted molar refractivity (Wildman–Crippen MR) is 88.0 cm³/mol. The predicted octanol–water partition coefficient (Wildman–Crippen LogP) is 2.31. The largest absolute Gasteiger partial charge is 0.386 e. The highest BCUT2D eigenvalue weighted by Crippen LogP contribution is 2.28. The van der Waals surface area contributed by atoms with Crippen LogP contribution in [0.2, 0.25) is 0 Å². The lowest BCUT2D eigenvalue weighted by Crippen LogP contribution is -2.31. The molecule has 0 fully saturated rings. The average Bonchev–Trinajstić information content (AvgIpc) is 2.53. The summed E-state index contributed by atoms with van der Waals surface area (Å²) >= 11 is 0. The van der Waals surface area contributed by atoms with Gasteiger partial charge >= 0.3 is 0 Å². The second-order valence-corrected chi connectivity index (χ2v) is 6.23. The summed E-state index contributed by atoms with van der Waals surface area (Å²) in [6, 6.07) is 8.23. The minimum absolute atomic E-state index is 0.791. The summed E-state index contributed by atoms with van der Waals surface area (Å²) in [6.07, 6.45) is 2.55. The van der Waals surface area contributed by atoms with Crippen LogP contribution in [0.5, 0.6) is 0 Å².